The summed E-state index contributed by atoms with van der Waals surface area (Å²) in [6.07, 6.45) is 1.89. The van der Waals surface area contributed by atoms with Gasteiger partial charge in [-0.15, -0.1) is 0 Å². The summed E-state index contributed by atoms with van der Waals surface area (Å²) in [5.74, 6) is -0.427. The highest BCUT2D eigenvalue weighted by Crippen LogP contribution is 2.18. The Hall–Kier alpha value is -1.95. The molecule has 0 radical (unpaired) electrons. The van der Waals surface area contributed by atoms with Crippen LogP contribution in [0.25, 0.3) is 0 Å². The summed E-state index contributed by atoms with van der Waals surface area (Å²) in [6.45, 7) is 10.0. The normalized spacial score (nSPS) is 18.4. The zero-order valence-electron chi connectivity index (χ0n) is 16.7. The lowest BCUT2D eigenvalue weighted by atomic mass is 9.96. The van der Waals surface area contributed by atoms with Gasteiger partial charge in [-0.05, 0) is 50.6 Å². The van der Waals surface area contributed by atoms with E-state index < -0.39 is 0 Å². The van der Waals surface area contributed by atoms with Crippen LogP contribution in [0.15, 0.2) is 24.3 Å². The molecule has 0 bridgehead atoms. The minimum absolute atomic E-state index is 0.00406. The minimum Gasteiger partial charge on any atom is -0.354 e. The van der Waals surface area contributed by atoms with Crippen LogP contribution in [0, 0.1) is 11.7 Å². The largest absolute Gasteiger partial charge is 0.354 e. The van der Waals surface area contributed by atoms with Gasteiger partial charge in [0.1, 0.15) is 5.82 Å². The molecule has 5 nitrogen and oxygen atoms in total. The Labute approximate surface area is 161 Å². The van der Waals surface area contributed by atoms with Gasteiger partial charge in [0.25, 0.3) is 0 Å². The second kappa shape index (κ2) is 10.4. The molecule has 1 aromatic rings. The summed E-state index contributed by atoms with van der Waals surface area (Å²) in [6, 6.07) is 6.30. The number of carbonyl (C=O) groups excluding carboxylic acids is 2. The molecule has 1 saturated heterocycles. The van der Waals surface area contributed by atoms with E-state index in [4.69, 9.17) is 0 Å². The Morgan fingerprint density at radius 2 is 1.93 bits per heavy atom. The van der Waals surface area contributed by atoms with E-state index in [1.807, 2.05) is 0 Å². The van der Waals surface area contributed by atoms with Gasteiger partial charge in [-0.1, -0.05) is 26.0 Å². The van der Waals surface area contributed by atoms with E-state index in [1.165, 1.54) is 12.1 Å². The second-order valence-corrected chi connectivity index (χ2v) is 7.30. The molecule has 1 N–H and O–H groups in total. The molecule has 0 aliphatic carbocycles. The first-order chi connectivity index (χ1) is 12.9. The number of likely N-dealkylation sites (tertiary alicyclic amines) is 1. The van der Waals surface area contributed by atoms with Crippen LogP contribution in [0.5, 0.6) is 0 Å². The van der Waals surface area contributed by atoms with Crippen molar-refractivity contribution in [1.82, 2.24) is 15.1 Å². The number of hydrogen-bond donors (Lipinski definition) is 1. The third-order valence-electron chi connectivity index (χ3n) is 5.42. The van der Waals surface area contributed by atoms with E-state index in [2.05, 4.69) is 31.0 Å². The van der Waals surface area contributed by atoms with Crippen LogP contribution in [-0.2, 0) is 16.0 Å². The van der Waals surface area contributed by atoms with E-state index in [1.54, 1.807) is 17.0 Å². The molecule has 0 aromatic heterocycles. The van der Waals surface area contributed by atoms with Crippen molar-refractivity contribution in [2.45, 2.75) is 46.1 Å². The topological polar surface area (TPSA) is 52.7 Å². The lowest BCUT2D eigenvalue weighted by molar-refractivity contribution is -0.135. The molecule has 1 aliphatic heterocycles. The Kier molecular flexibility index (Phi) is 8.23. The number of halogens is 1. The third-order valence-corrected chi connectivity index (χ3v) is 5.42. The Morgan fingerprint density at radius 1 is 1.26 bits per heavy atom. The van der Waals surface area contributed by atoms with Gasteiger partial charge in [0.15, 0.2) is 0 Å². The van der Waals surface area contributed by atoms with E-state index >= 15 is 0 Å². The Morgan fingerprint density at radius 3 is 2.56 bits per heavy atom. The van der Waals surface area contributed by atoms with Gasteiger partial charge in [-0.3, -0.25) is 14.5 Å². The smallest absolute Gasteiger partial charge is 0.227 e. The van der Waals surface area contributed by atoms with Crippen molar-refractivity contribution in [2.75, 3.05) is 32.7 Å². The molecule has 2 atom stereocenters. The third kappa shape index (κ3) is 6.31. The second-order valence-electron chi connectivity index (χ2n) is 7.30. The average molecular weight is 378 g/mol. The first-order valence-corrected chi connectivity index (χ1v) is 9.98. The molecule has 2 amide bonds. The van der Waals surface area contributed by atoms with Crippen LogP contribution >= 0.6 is 0 Å². The molecular formula is C21H32FN3O2. The van der Waals surface area contributed by atoms with Gasteiger partial charge in [0.2, 0.25) is 11.8 Å². The maximum Gasteiger partial charge on any atom is 0.227 e. The summed E-state index contributed by atoms with van der Waals surface area (Å²) >= 11 is 0. The highest BCUT2D eigenvalue weighted by molar-refractivity contribution is 5.82. The quantitative estimate of drug-likeness (QED) is 0.757. The van der Waals surface area contributed by atoms with Crippen molar-refractivity contribution in [3.05, 3.63) is 35.6 Å². The summed E-state index contributed by atoms with van der Waals surface area (Å²) in [4.78, 5) is 29.2. The fourth-order valence-corrected chi connectivity index (χ4v) is 3.68. The minimum atomic E-state index is -0.306. The molecule has 1 aromatic carbocycles. The van der Waals surface area contributed by atoms with Gasteiger partial charge < -0.3 is 10.2 Å². The van der Waals surface area contributed by atoms with Crippen molar-refractivity contribution >= 4 is 11.8 Å². The molecule has 2 rings (SSSR count). The van der Waals surface area contributed by atoms with Gasteiger partial charge >= 0.3 is 0 Å². The Bertz CT molecular complexity index is 616. The van der Waals surface area contributed by atoms with E-state index in [0.717, 1.165) is 31.5 Å². The summed E-state index contributed by atoms with van der Waals surface area (Å²) in [5, 5.41) is 3.06. The number of nitrogens with one attached hydrogen (secondary N) is 1. The zero-order valence-corrected chi connectivity index (χ0v) is 16.7. The zero-order chi connectivity index (χ0) is 19.8. The SMILES string of the molecule is CCN(CC)C(C)CNC(=O)C1CCCN(C(=O)Cc2ccc(F)cc2)C1. The van der Waals surface area contributed by atoms with Crippen LogP contribution < -0.4 is 5.32 Å². The molecule has 150 valence electrons. The molecule has 6 heteroatoms. The van der Waals surface area contributed by atoms with E-state index in [-0.39, 0.29) is 30.0 Å². The molecule has 0 saturated carbocycles. The summed E-state index contributed by atoms with van der Waals surface area (Å²) in [5.41, 5.74) is 0.793. The van der Waals surface area contributed by atoms with Gasteiger partial charge in [-0.25, -0.2) is 4.39 Å². The first kappa shape index (κ1) is 21.4. The van der Waals surface area contributed by atoms with Crippen LogP contribution in [0.2, 0.25) is 0 Å². The predicted molar refractivity (Wildman–Crippen MR) is 105 cm³/mol. The molecule has 0 spiro atoms. The maximum atomic E-state index is 13.0. The molecule has 1 aliphatic rings. The first-order valence-electron chi connectivity index (χ1n) is 9.98. The van der Waals surface area contributed by atoms with Gasteiger partial charge in [0, 0.05) is 25.7 Å². The van der Waals surface area contributed by atoms with E-state index in [9.17, 15) is 14.0 Å². The Balaban J connectivity index is 1.84. The summed E-state index contributed by atoms with van der Waals surface area (Å²) < 4.78 is 13.0. The molecule has 1 fully saturated rings. The number of amides is 2. The van der Waals surface area contributed by atoms with Crippen molar-refractivity contribution in [2.24, 2.45) is 5.92 Å². The van der Waals surface area contributed by atoms with Crippen LogP contribution in [0.4, 0.5) is 4.39 Å². The highest BCUT2D eigenvalue weighted by Gasteiger charge is 2.28. The maximum absolute atomic E-state index is 13.0. The van der Waals surface area contributed by atoms with Crippen LogP contribution in [0.3, 0.4) is 0 Å². The number of carbonyl (C=O) groups is 2. The van der Waals surface area contributed by atoms with Crippen LogP contribution in [-0.4, -0.2) is 60.4 Å². The fourth-order valence-electron chi connectivity index (χ4n) is 3.68. The standard InChI is InChI=1S/C21H32FN3O2/c1-4-24(5-2)16(3)14-23-21(27)18-7-6-12-25(15-18)20(26)13-17-8-10-19(22)11-9-17/h8-11,16,18H,4-7,12-15H2,1-3H3,(H,23,27). The molecule has 2 unspecified atom stereocenters. The number of likely N-dealkylation sites (N-methyl/N-ethyl adjacent to an activating group) is 1. The number of hydrogen-bond acceptors (Lipinski definition) is 3. The van der Waals surface area contributed by atoms with Gasteiger partial charge in [-0.2, -0.15) is 0 Å². The highest BCUT2D eigenvalue weighted by atomic mass is 19.1. The summed E-state index contributed by atoms with van der Waals surface area (Å²) in [7, 11) is 0. The van der Waals surface area contributed by atoms with Crippen molar-refractivity contribution in [1.29, 1.82) is 0 Å². The van der Waals surface area contributed by atoms with Crippen LogP contribution in [0.1, 0.15) is 39.2 Å². The number of rotatable bonds is 8. The average Bonchev–Trinajstić information content (AvgIpc) is 2.69. The lowest BCUT2D eigenvalue weighted by Crippen LogP contribution is -2.48. The molecular weight excluding hydrogens is 345 g/mol. The van der Waals surface area contributed by atoms with Crippen molar-refractivity contribution in [3.8, 4) is 0 Å². The van der Waals surface area contributed by atoms with Crippen molar-refractivity contribution < 1.29 is 14.0 Å². The number of piperidine rings is 1. The monoisotopic (exact) mass is 377 g/mol. The lowest BCUT2D eigenvalue weighted by Gasteiger charge is -2.33. The van der Waals surface area contributed by atoms with Gasteiger partial charge in [0.05, 0.1) is 12.3 Å². The van der Waals surface area contributed by atoms with Crippen molar-refractivity contribution in [3.63, 3.8) is 0 Å². The fraction of sp³-hybridized carbons (Fsp3) is 0.619. The molecule has 1 heterocycles. The predicted octanol–water partition coefficient (Wildman–Crippen LogP) is 2.45. The number of benzene rings is 1. The van der Waals surface area contributed by atoms with E-state index in [0.29, 0.717) is 25.7 Å². The number of nitrogens with zero attached hydrogens (tertiary/aromatic N) is 2. The molecule has 27 heavy (non-hydrogen) atoms.